The van der Waals surface area contributed by atoms with Crippen LogP contribution in [-0.2, 0) is 12.1 Å². The SMILES string of the molecule is CCc1cc(C(F)(C(C)(F)F)C(F)(F)F)cc(C)c1NC(=O)c1ccc(-n2cccn2)c(N=O)c1. The van der Waals surface area contributed by atoms with E-state index in [0.717, 1.165) is 0 Å². The highest BCUT2D eigenvalue weighted by molar-refractivity contribution is 6.05. The minimum atomic E-state index is -5.89. The zero-order valence-corrected chi connectivity index (χ0v) is 18.8. The number of nitrogens with zero attached hydrogens (tertiary/aromatic N) is 3. The summed E-state index contributed by atoms with van der Waals surface area (Å²) in [5.74, 6) is -5.50. The topological polar surface area (TPSA) is 76.3 Å². The van der Waals surface area contributed by atoms with Crippen molar-refractivity contribution in [1.29, 1.82) is 0 Å². The number of carbonyl (C=O) groups excluding carboxylic acids is 1. The molecule has 2 aromatic carbocycles. The van der Waals surface area contributed by atoms with Gasteiger partial charge in [0.05, 0.1) is 5.69 Å². The Hall–Kier alpha value is -3.70. The number of aromatic nitrogens is 2. The molecule has 186 valence electrons. The average molecular weight is 498 g/mol. The predicted octanol–water partition coefficient (Wildman–Crippen LogP) is 6.78. The summed E-state index contributed by atoms with van der Waals surface area (Å²) < 4.78 is 84.3. The number of alkyl halides is 6. The van der Waals surface area contributed by atoms with Crippen LogP contribution in [0, 0.1) is 11.8 Å². The maximum Gasteiger partial charge on any atom is 0.432 e. The highest BCUT2D eigenvalue weighted by atomic mass is 19.4. The molecule has 3 rings (SSSR count). The second-order valence-electron chi connectivity index (χ2n) is 7.92. The minimum Gasteiger partial charge on any atom is -0.321 e. The zero-order chi connectivity index (χ0) is 26.2. The summed E-state index contributed by atoms with van der Waals surface area (Å²) >= 11 is 0. The number of halogens is 6. The Morgan fingerprint density at radius 3 is 2.31 bits per heavy atom. The lowest BCUT2D eigenvalue weighted by atomic mass is 9.86. The maximum absolute atomic E-state index is 14.9. The number of nitrogens with one attached hydrogen (secondary N) is 1. The van der Waals surface area contributed by atoms with Gasteiger partial charge in [-0.3, -0.25) is 4.79 Å². The molecule has 0 saturated heterocycles. The molecule has 1 unspecified atom stereocenters. The van der Waals surface area contributed by atoms with Gasteiger partial charge in [-0.2, -0.15) is 18.3 Å². The van der Waals surface area contributed by atoms with Crippen LogP contribution in [-0.4, -0.2) is 27.8 Å². The molecule has 0 saturated carbocycles. The van der Waals surface area contributed by atoms with E-state index in [4.69, 9.17) is 0 Å². The Labute approximate surface area is 195 Å². The molecule has 1 amide bonds. The molecule has 0 aliphatic carbocycles. The molecule has 0 aliphatic heterocycles. The number of amides is 1. The van der Waals surface area contributed by atoms with Gasteiger partial charge in [0.25, 0.3) is 17.5 Å². The smallest absolute Gasteiger partial charge is 0.321 e. The standard InChI is InChI=1S/C23H20F6N4O2/c1-4-14-11-16(22(26,21(3,24)25)23(27,28)29)10-13(2)19(14)31-20(34)15-6-7-18(17(12-15)32-35)33-9-5-8-30-33/h5-12H,4H2,1-3H3,(H,31,34). The van der Waals surface area contributed by atoms with Crippen LogP contribution in [0.2, 0.25) is 0 Å². The predicted molar refractivity (Wildman–Crippen MR) is 117 cm³/mol. The van der Waals surface area contributed by atoms with Crippen LogP contribution in [0.3, 0.4) is 0 Å². The van der Waals surface area contributed by atoms with Crippen molar-refractivity contribution < 1.29 is 31.1 Å². The molecule has 3 aromatic rings. The quantitative estimate of drug-likeness (QED) is 0.288. The van der Waals surface area contributed by atoms with Crippen molar-refractivity contribution in [3.8, 4) is 5.69 Å². The first-order valence-corrected chi connectivity index (χ1v) is 10.3. The lowest BCUT2D eigenvalue weighted by molar-refractivity contribution is -0.304. The summed E-state index contributed by atoms with van der Waals surface area (Å²) in [5, 5.41) is 9.40. The molecule has 6 nitrogen and oxygen atoms in total. The van der Waals surface area contributed by atoms with Crippen molar-refractivity contribution in [1.82, 2.24) is 9.78 Å². The van der Waals surface area contributed by atoms with Crippen LogP contribution in [0.1, 0.15) is 40.9 Å². The van der Waals surface area contributed by atoms with Gasteiger partial charge in [-0.05, 0) is 60.0 Å². The molecule has 0 radical (unpaired) electrons. The van der Waals surface area contributed by atoms with Crippen LogP contribution in [0.25, 0.3) is 5.69 Å². The van der Waals surface area contributed by atoms with Crippen molar-refractivity contribution >= 4 is 17.3 Å². The van der Waals surface area contributed by atoms with E-state index in [2.05, 4.69) is 15.6 Å². The third-order valence-corrected chi connectivity index (χ3v) is 5.52. The van der Waals surface area contributed by atoms with Crippen LogP contribution in [0.15, 0.2) is 54.0 Å². The molecule has 1 N–H and O–H groups in total. The summed E-state index contributed by atoms with van der Waals surface area (Å²) in [6.07, 6.45) is -2.84. The van der Waals surface area contributed by atoms with Crippen LogP contribution >= 0.6 is 0 Å². The summed E-state index contributed by atoms with van der Waals surface area (Å²) in [6.45, 7) is 2.64. The third-order valence-electron chi connectivity index (χ3n) is 5.52. The lowest BCUT2D eigenvalue weighted by Gasteiger charge is -2.34. The monoisotopic (exact) mass is 498 g/mol. The highest BCUT2D eigenvalue weighted by Crippen LogP contribution is 2.53. The number of carbonyl (C=O) groups is 1. The summed E-state index contributed by atoms with van der Waals surface area (Å²) in [5.41, 5.74) is -5.97. The normalized spacial score (nSPS) is 13.9. The first-order chi connectivity index (χ1) is 16.2. The summed E-state index contributed by atoms with van der Waals surface area (Å²) in [7, 11) is 0. The van der Waals surface area contributed by atoms with Crippen LogP contribution in [0.5, 0.6) is 0 Å². The Balaban J connectivity index is 2.01. The molecule has 12 heteroatoms. The van der Waals surface area contributed by atoms with E-state index in [9.17, 15) is 36.0 Å². The molecule has 1 atom stereocenters. The van der Waals surface area contributed by atoms with Gasteiger partial charge in [0.1, 0.15) is 5.69 Å². The van der Waals surface area contributed by atoms with E-state index >= 15 is 0 Å². The minimum absolute atomic E-state index is 0.00347. The fraction of sp³-hybridized carbons (Fsp3) is 0.304. The number of anilines is 1. The maximum atomic E-state index is 14.9. The molecule has 0 aliphatic rings. The van der Waals surface area contributed by atoms with Crippen molar-refractivity contribution in [2.75, 3.05) is 5.32 Å². The Morgan fingerprint density at radius 2 is 1.80 bits per heavy atom. The number of benzene rings is 2. The van der Waals surface area contributed by atoms with Gasteiger partial charge in [0.2, 0.25) is 0 Å². The second-order valence-corrected chi connectivity index (χ2v) is 7.92. The third kappa shape index (κ3) is 4.64. The van der Waals surface area contributed by atoms with Gasteiger partial charge in [0, 0.05) is 36.1 Å². The molecule has 1 aromatic heterocycles. The van der Waals surface area contributed by atoms with E-state index in [1.54, 1.807) is 12.3 Å². The summed E-state index contributed by atoms with van der Waals surface area (Å²) in [4.78, 5) is 24.1. The molecule has 35 heavy (non-hydrogen) atoms. The largest absolute Gasteiger partial charge is 0.432 e. The number of hydrogen-bond acceptors (Lipinski definition) is 4. The van der Waals surface area contributed by atoms with Crippen molar-refractivity contribution in [3.05, 3.63) is 76.0 Å². The number of rotatable bonds is 7. The molecule has 0 fully saturated rings. The van der Waals surface area contributed by atoms with Crippen molar-refractivity contribution in [2.24, 2.45) is 5.18 Å². The molecular formula is C23H20F6N4O2. The molecular weight excluding hydrogens is 478 g/mol. The molecule has 0 bridgehead atoms. The van der Waals surface area contributed by atoms with Gasteiger partial charge in [-0.15, -0.1) is 4.91 Å². The highest BCUT2D eigenvalue weighted by Gasteiger charge is 2.70. The van der Waals surface area contributed by atoms with Gasteiger partial charge < -0.3 is 5.32 Å². The van der Waals surface area contributed by atoms with E-state index in [0.29, 0.717) is 17.8 Å². The average Bonchev–Trinajstić information content (AvgIpc) is 3.32. The summed E-state index contributed by atoms with van der Waals surface area (Å²) in [6, 6.07) is 6.94. The van der Waals surface area contributed by atoms with E-state index in [1.165, 1.54) is 42.9 Å². The number of hydrogen-bond donors (Lipinski definition) is 1. The van der Waals surface area contributed by atoms with Gasteiger partial charge in [-0.1, -0.05) is 13.0 Å². The van der Waals surface area contributed by atoms with Gasteiger partial charge in [0.15, 0.2) is 0 Å². The Kier molecular flexibility index (Phi) is 6.78. The van der Waals surface area contributed by atoms with Crippen LogP contribution < -0.4 is 5.32 Å². The van der Waals surface area contributed by atoms with Gasteiger partial charge in [-0.25, -0.2) is 17.9 Å². The fourth-order valence-corrected chi connectivity index (χ4v) is 3.71. The van der Waals surface area contributed by atoms with Crippen molar-refractivity contribution in [2.45, 2.75) is 45.0 Å². The van der Waals surface area contributed by atoms with E-state index in [1.807, 2.05) is 0 Å². The molecule has 0 spiro atoms. The van der Waals surface area contributed by atoms with Crippen molar-refractivity contribution in [3.63, 3.8) is 0 Å². The number of aryl methyl sites for hydroxylation is 2. The first-order valence-electron chi connectivity index (χ1n) is 10.3. The zero-order valence-electron chi connectivity index (χ0n) is 18.8. The second kappa shape index (κ2) is 9.16. The fourth-order valence-electron chi connectivity index (χ4n) is 3.71. The first kappa shape index (κ1) is 25.9. The Morgan fingerprint density at radius 1 is 1.11 bits per heavy atom. The van der Waals surface area contributed by atoms with E-state index < -0.39 is 29.2 Å². The molecule has 1 heterocycles. The lowest BCUT2D eigenvalue weighted by Crippen LogP contribution is -2.51. The number of nitroso groups, excluding NO2 is 1. The van der Waals surface area contributed by atoms with Gasteiger partial charge >= 0.3 is 6.18 Å². The van der Waals surface area contributed by atoms with Crippen LogP contribution in [0.4, 0.5) is 37.7 Å². The Bertz CT molecular complexity index is 1240. The van der Waals surface area contributed by atoms with E-state index in [-0.39, 0.29) is 41.4 Å².